The maximum Gasteiger partial charge on any atom is 0.174 e. The summed E-state index contributed by atoms with van der Waals surface area (Å²) in [5.41, 5.74) is 0. The van der Waals surface area contributed by atoms with E-state index in [0.29, 0.717) is 13.1 Å². The van der Waals surface area contributed by atoms with E-state index in [-0.39, 0.29) is 74.3 Å². The molecule has 0 unspecified atom stereocenters. The smallest absolute Gasteiger partial charge is 0.174 e. The van der Waals surface area contributed by atoms with Crippen molar-refractivity contribution in [3.05, 3.63) is 5.21 Å². The van der Waals surface area contributed by atoms with Gasteiger partial charge in [-0.2, -0.15) is 0 Å². The van der Waals surface area contributed by atoms with E-state index in [4.69, 9.17) is 0 Å². The topological polar surface area (TPSA) is 40.1 Å². The average molecular weight is 472 g/mol. The fraction of sp³-hybridized carbons (Fsp3) is 0.900. The summed E-state index contributed by atoms with van der Waals surface area (Å²) in [4.78, 5) is 10.3. The Morgan fingerprint density at radius 1 is 1.00 bits per heavy atom. The molecule has 0 aromatic carbocycles. The summed E-state index contributed by atoms with van der Waals surface area (Å²) >= 11 is 0. The van der Waals surface area contributed by atoms with Crippen molar-refractivity contribution in [1.29, 1.82) is 0 Å². The molecule has 7 heteroatoms. The van der Waals surface area contributed by atoms with Crippen LogP contribution in [0.15, 0.2) is 0 Å². The largest absolute Gasteiger partial charge is 1.00 e. The van der Waals surface area contributed by atoms with Gasteiger partial charge in [-0.25, -0.2) is 0 Å². The number of hydrogen-bond donors (Lipinski definition) is 0. The monoisotopic (exact) mass is 472 g/mol. The minimum absolute atomic E-state index is 0. The van der Waals surface area contributed by atoms with Crippen LogP contribution in [-0.2, 0) is 30.6 Å². The van der Waals surface area contributed by atoms with Gasteiger partial charge in [0.1, 0.15) is 6.54 Å². The van der Waals surface area contributed by atoms with Crippen molar-refractivity contribution in [1.82, 2.24) is 0 Å². The fourth-order valence-corrected chi connectivity index (χ4v) is 1.32. The normalized spacial score (nSPS) is 8.88. The number of aldehydes is 1. The van der Waals surface area contributed by atoms with Crippen molar-refractivity contribution < 1.29 is 72.5 Å². The van der Waals surface area contributed by atoms with Gasteiger partial charge in [-0.15, -0.1) is 0 Å². The van der Waals surface area contributed by atoms with Crippen LogP contribution in [0.5, 0.6) is 0 Å². The number of carbonyl (C=O) groups is 1. The number of hydrogen-bond acceptors (Lipinski definition) is 2. The molecular formula is C10H21Cl3HfNO2-3. The molecule has 0 N–H and O–H groups in total. The average Bonchev–Trinajstić information content (AvgIpc) is 2.12. The Morgan fingerprint density at radius 3 is 1.59 bits per heavy atom. The number of rotatable bonds is 8. The molecular weight excluding hydrogens is 451 g/mol. The molecule has 0 aliphatic carbocycles. The zero-order valence-corrected chi connectivity index (χ0v) is 16.3. The third-order valence-electron chi connectivity index (χ3n) is 2.25. The first-order chi connectivity index (χ1) is 6.18. The molecule has 106 valence electrons. The molecule has 0 aliphatic rings. The summed E-state index contributed by atoms with van der Waals surface area (Å²) < 4.78 is -0.314. The summed E-state index contributed by atoms with van der Waals surface area (Å²) in [7, 11) is 0. The first-order valence-corrected chi connectivity index (χ1v) is 5.19. The third-order valence-corrected chi connectivity index (χ3v) is 2.25. The zero-order chi connectivity index (χ0) is 10.2. The molecule has 0 bridgehead atoms. The van der Waals surface area contributed by atoms with E-state index in [0.717, 1.165) is 32.0 Å². The van der Waals surface area contributed by atoms with Gasteiger partial charge < -0.3 is 47.1 Å². The van der Waals surface area contributed by atoms with Crippen LogP contribution in [0.4, 0.5) is 0 Å². The molecule has 0 rings (SSSR count). The van der Waals surface area contributed by atoms with E-state index in [1.54, 1.807) is 0 Å². The Bertz CT molecular complexity index is 146. The molecule has 0 radical (unpaired) electrons. The summed E-state index contributed by atoms with van der Waals surface area (Å²) in [6.45, 7) is 5.43. The molecule has 0 heterocycles. The number of hydroxylamine groups is 3. The summed E-state index contributed by atoms with van der Waals surface area (Å²) in [5.74, 6) is 0. The Morgan fingerprint density at radius 2 is 1.35 bits per heavy atom. The van der Waals surface area contributed by atoms with E-state index in [1.807, 2.05) is 0 Å². The molecule has 0 spiro atoms. The second-order valence-electron chi connectivity index (χ2n) is 3.56. The minimum atomic E-state index is -0.314. The summed E-state index contributed by atoms with van der Waals surface area (Å²) in [5, 5.41) is 11.9. The predicted octanol–water partition coefficient (Wildman–Crippen LogP) is -6.89. The Balaban J connectivity index is -0.000000120. The predicted molar refractivity (Wildman–Crippen MR) is 54.1 cm³/mol. The fourth-order valence-electron chi connectivity index (χ4n) is 1.32. The van der Waals surface area contributed by atoms with Crippen LogP contribution in [0.1, 0.15) is 39.5 Å². The maximum atomic E-state index is 11.9. The molecule has 17 heavy (non-hydrogen) atoms. The van der Waals surface area contributed by atoms with Gasteiger partial charge in [-0.1, -0.05) is 26.7 Å². The van der Waals surface area contributed by atoms with Gasteiger partial charge in [-0.05, 0) is 12.8 Å². The van der Waals surface area contributed by atoms with E-state index < -0.39 is 0 Å². The van der Waals surface area contributed by atoms with Crippen molar-refractivity contribution in [2.75, 3.05) is 19.6 Å². The number of nitrogens with zero attached hydrogens (tertiary/aromatic N) is 1. The quantitative estimate of drug-likeness (QED) is 0.153. The standard InChI is InChI=1S/C10H21NO2.3ClH.Hf/c1-3-5-7-11(13,9-10-12)8-6-4-2;;;;/h10H,3-9H2,1-2H3;3*1H;/p-3. The van der Waals surface area contributed by atoms with Gasteiger partial charge >= 0.3 is 0 Å². The van der Waals surface area contributed by atoms with Crippen LogP contribution < -0.4 is 37.2 Å². The van der Waals surface area contributed by atoms with Gasteiger partial charge in [0.15, 0.2) is 6.29 Å². The van der Waals surface area contributed by atoms with Crippen LogP contribution in [0.3, 0.4) is 0 Å². The Kier molecular flexibility index (Phi) is 35.8. The SMILES string of the molecule is CCCC[N+]([O-])(CC=O)CCCC.[Cl-].[Cl-].[Cl-].[Hf]. The second kappa shape index (κ2) is 19.7. The number of halogens is 3. The Hall–Kier alpha value is 1.33. The second-order valence-corrected chi connectivity index (χ2v) is 3.56. The van der Waals surface area contributed by atoms with E-state index in [1.165, 1.54) is 0 Å². The first-order valence-electron chi connectivity index (χ1n) is 5.19. The van der Waals surface area contributed by atoms with Crippen molar-refractivity contribution in [3.8, 4) is 0 Å². The van der Waals surface area contributed by atoms with Crippen molar-refractivity contribution in [2.45, 2.75) is 39.5 Å². The molecule has 0 saturated heterocycles. The number of unbranched alkanes of at least 4 members (excludes halogenated alkanes) is 2. The molecule has 0 atom stereocenters. The number of carbonyl (C=O) groups excluding carboxylic acids is 1. The molecule has 0 amide bonds. The molecule has 0 aliphatic heterocycles. The Labute approximate surface area is 142 Å². The molecule has 0 aromatic heterocycles. The zero-order valence-electron chi connectivity index (χ0n) is 10.4. The van der Waals surface area contributed by atoms with Gasteiger partial charge in [0.05, 0.1) is 13.1 Å². The van der Waals surface area contributed by atoms with E-state index >= 15 is 0 Å². The third kappa shape index (κ3) is 17.3. The van der Waals surface area contributed by atoms with Gasteiger partial charge in [-0.3, -0.25) is 4.79 Å². The van der Waals surface area contributed by atoms with Gasteiger partial charge in [0.25, 0.3) is 0 Å². The minimum Gasteiger partial charge on any atom is -1.00 e. The van der Waals surface area contributed by atoms with Gasteiger partial charge in [0, 0.05) is 25.8 Å². The van der Waals surface area contributed by atoms with Crippen LogP contribution in [0.2, 0.25) is 0 Å². The van der Waals surface area contributed by atoms with Crippen LogP contribution in [0.25, 0.3) is 0 Å². The molecule has 3 nitrogen and oxygen atoms in total. The van der Waals surface area contributed by atoms with Crippen molar-refractivity contribution in [2.24, 2.45) is 0 Å². The van der Waals surface area contributed by atoms with Gasteiger partial charge in [0.2, 0.25) is 0 Å². The van der Waals surface area contributed by atoms with E-state index in [9.17, 15) is 10.0 Å². The first kappa shape index (κ1) is 31.0. The summed E-state index contributed by atoms with van der Waals surface area (Å²) in [6, 6.07) is 0. The van der Waals surface area contributed by atoms with Crippen LogP contribution in [-0.4, -0.2) is 30.6 Å². The van der Waals surface area contributed by atoms with Crippen LogP contribution >= 0.6 is 0 Å². The van der Waals surface area contributed by atoms with Crippen molar-refractivity contribution >= 4 is 6.29 Å². The molecule has 0 saturated carbocycles. The van der Waals surface area contributed by atoms with Crippen molar-refractivity contribution in [3.63, 3.8) is 0 Å². The molecule has 0 aromatic rings. The maximum absolute atomic E-state index is 11.9. The molecule has 0 fully saturated rings. The number of quaternary nitrogens is 1. The van der Waals surface area contributed by atoms with Crippen LogP contribution in [0, 0.1) is 5.21 Å². The van der Waals surface area contributed by atoms with E-state index in [2.05, 4.69) is 13.8 Å². The summed E-state index contributed by atoms with van der Waals surface area (Å²) in [6.07, 6.45) is 4.63.